The number of pyridine rings is 1. The van der Waals surface area contributed by atoms with E-state index in [9.17, 15) is 22.4 Å². The maximum Gasteiger partial charge on any atom is 0.391 e. The Labute approximate surface area is 220 Å². The number of hydrogen-bond acceptors (Lipinski definition) is 7. The van der Waals surface area contributed by atoms with Gasteiger partial charge in [-0.15, -0.1) is 0 Å². The fraction of sp³-hybridized carbons (Fsp3) is 0.346. The first kappa shape index (κ1) is 25.0. The van der Waals surface area contributed by atoms with Crippen molar-refractivity contribution in [2.45, 2.75) is 50.9 Å². The molecule has 4 aromatic rings. The number of H-pyrrole nitrogens is 1. The Balaban J connectivity index is 1.39. The van der Waals surface area contributed by atoms with Gasteiger partial charge >= 0.3 is 6.18 Å². The Bertz CT molecular complexity index is 1520. The van der Waals surface area contributed by atoms with Gasteiger partial charge in [0.1, 0.15) is 17.2 Å². The van der Waals surface area contributed by atoms with Crippen LogP contribution in [0, 0.1) is 11.7 Å². The zero-order valence-corrected chi connectivity index (χ0v) is 20.8. The summed E-state index contributed by atoms with van der Waals surface area (Å²) in [5.74, 6) is -1.56. The summed E-state index contributed by atoms with van der Waals surface area (Å²) in [6.45, 7) is 1.72. The minimum Gasteiger partial charge on any atom is -0.340 e. The summed E-state index contributed by atoms with van der Waals surface area (Å²) in [7, 11) is 0. The van der Waals surface area contributed by atoms with Crippen LogP contribution in [0.3, 0.4) is 0 Å². The number of carbonyl (C=O) groups excluding carboxylic acids is 1. The van der Waals surface area contributed by atoms with Crippen LogP contribution in [0.15, 0.2) is 49.1 Å². The van der Waals surface area contributed by atoms with Gasteiger partial charge in [-0.3, -0.25) is 19.8 Å². The smallest absolute Gasteiger partial charge is 0.340 e. The van der Waals surface area contributed by atoms with E-state index >= 15 is 0 Å². The van der Waals surface area contributed by atoms with E-state index in [4.69, 9.17) is 4.98 Å². The van der Waals surface area contributed by atoms with Crippen LogP contribution in [0.1, 0.15) is 32.6 Å². The number of carbonyl (C=O) groups is 1. The fourth-order valence-electron chi connectivity index (χ4n) is 5.52. The molecule has 4 heterocycles. The highest BCUT2D eigenvalue weighted by Crippen LogP contribution is 2.45. The Morgan fingerprint density at radius 1 is 1.10 bits per heavy atom. The molecule has 3 aromatic heterocycles. The van der Waals surface area contributed by atoms with E-state index in [0.717, 1.165) is 0 Å². The molecule has 2 N–H and O–H groups in total. The van der Waals surface area contributed by atoms with E-state index in [1.165, 1.54) is 23.4 Å². The summed E-state index contributed by atoms with van der Waals surface area (Å²) in [4.78, 5) is 30.1. The van der Waals surface area contributed by atoms with E-state index in [-0.39, 0.29) is 49.1 Å². The number of rotatable bonds is 4. The van der Waals surface area contributed by atoms with Crippen molar-refractivity contribution in [2.24, 2.45) is 5.92 Å². The first-order valence-corrected chi connectivity index (χ1v) is 12.6. The molecule has 202 valence electrons. The molecule has 1 atom stereocenters. The lowest BCUT2D eigenvalue weighted by Crippen LogP contribution is -2.55. The minimum atomic E-state index is -4.24. The summed E-state index contributed by atoms with van der Waals surface area (Å²) < 4.78 is 54.6. The van der Waals surface area contributed by atoms with Gasteiger partial charge in [-0.1, -0.05) is 0 Å². The first-order valence-electron chi connectivity index (χ1n) is 12.6. The lowest BCUT2D eigenvalue weighted by Gasteiger charge is -2.46. The second kappa shape index (κ2) is 9.47. The van der Waals surface area contributed by atoms with Crippen molar-refractivity contribution in [3.63, 3.8) is 0 Å². The molecule has 6 rings (SSSR count). The number of aromatic amines is 1. The lowest BCUT2D eigenvalue weighted by molar-refractivity contribution is -0.182. The van der Waals surface area contributed by atoms with E-state index < -0.39 is 24.0 Å². The van der Waals surface area contributed by atoms with Crippen LogP contribution in [0.4, 0.5) is 46.4 Å². The molecule has 1 saturated carbocycles. The van der Waals surface area contributed by atoms with Gasteiger partial charge in [-0.05, 0) is 56.9 Å². The molecule has 39 heavy (non-hydrogen) atoms. The molecule has 2 aliphatic rings. The maximum absolute atomic E-state index is 14.5. The van der Waals surface area contributed by atoms with Crippen molar-refractivity contribution < 1.29 is 22.4 Å². The van der Waals surface area contributed by atoms with Crippen molar-refractivity contribution in [1.82, 2.24) is 25.1 Å². The molecule has 1 fully saturated rings. The van der Waals surface area contributed by atoms with Crippen LogP contribution in [0.5, 0.6) is 0 Å². The van der Waals surface area contributed by atoms with E-state index in [1.807, 2.05) is 4.90 Å². The SMILES string of the molecule is C[C@@H]1C(=O)N(c2cccnc2)c2cnc(Nc3cc(F)c4[nH]ncc4c3)nc2N1C1CCC(C(F)(F)F)CC1. The van der Waals surface area contributed by atoms with Crippen LogP contribution >= 0.6 is 0 Å². The van der Waals surface area contributed by atoms with Crippen LogP contribution < -0.4 is 15.1 Å². The van der Waals surface area contributed by atoms with Crippen molar-refractivity contribution in [3.8, 4) is 0 Å². The topological polar surface area (TPSA) is 103 Å². The number of nitrogens with one attached hydrogen (secondary N) is 2. The van der Waals surface area contributed by atoms with E-state index in [0.29, 0.717) is 28.3 Å². The van der Waals surface area contributed by atoms with E-state index in [2.05, 4.69) is 25.5 Å². The predicted molar refractivity (Wildman–Crippen MR) is 136 cm³/mol. The minimum absolute atomic E-state index is 0.0204. The maximum atomic E-state index is 14.5. The number of nitrogens with zero attached hydrogens (tertiary/aromatic N) is 6. The van der Waals surface area contributed by atoms with Gasteiger partial charge in [-0.25, -0.2) is 9.37 Å². The number of halogens is 4. The standard InChI is InChI=1S/C26H24F4N8O/c1-14-24(39)38(19-3-2-8-31-12-19)21-13-32-25(34-17-9-15-11-33-36-22(15)20(27)10-17)35-23(21)37(14)18-6-4-16(5-7-18)26(28,29)30/h2-3,8-14,16,18H,4-7H2,1H3,(H,33,36)(H,32,34,35)/t14-,16?,18?/m1/s1. The summed E-state index contributed by atoms with van der Waals surface area (Å²) in [6, 6.07) is 5.39. The van der Waals surface area contributed by atoms with Crippen LogP contribution in [-0.4, -0.2) is 49.3 Å². The first-order chi connectivity index (χ1) is 18.7. The third-order valence-electron chi connectivity index (χ3n) is 7.44. The molecule has 1 aromatic carbocycles. The molecule has 0 bridgehead atoms. The molecule has 9 nitrogen and oxygen atoms in total. The van der Waals surface area contributed by atoms with Crippen LogP contribution in [0.2, 0.25) is 0 Å². The molecular formula is C26H24F4N8O. The summed E-state index contributed by atoms with van der Waals surface area (Å²) >= 11 is 0. The molecule has 0 saturated heterocycles. The Morgan fingerprint density at radius 3 is 2.62 bits per heavy atom. The number of benzene rings is 1. The number of alkyl halides is 3. The van der Waals surface area contributed by atoms with Gasteiger partial charge in [0.05, 0.1) is 30.2 Å². The highest BCUT2D eigenvalue weighted by Gasteiger charge is 2.46. The zero-order valence-electron chi connectivity index (χ0n) is 20.8. The zero-order chi connectivity index (χ0) is 27.3. The second-order valence-corrected chi connectivity index (χ2v) is 9.83. The van der Waals surface area contributed by atoms with Gasteiger partial charge in [0.15, 0.2) is 11.6 Å². The Hall–Kier alpha value is -4.29. The third-order valence-corrected chi connectivity index (χ3v) is 7.44. The number of fused-ring (bicyclic) bond motifs is 2. The van der Waals surface area contributed by atoms with Crippen molar-refractivity contribution in [3.05, 3.63) is 54.9 Å². The van der Waals surface area contributed by atoms with Crippen molar-refractivity contribution >= 4 is 45.6 Å². The summed E-state index contributed by atoms with van der Waals surface area (Å²) in [5, 5.41) is 10.0. The lowest BCUT2D eigenvalue weighted by atomic mass is 9.84. The Kier molecular flexibility index (Phi) is 6.07. The number of aromatic nitrogens is 5. The molecule has 1 aliphatic heterocycles. The second-order valence-electron chi connectivity index (χ2n) is 9.83. The molecule has 1 aliphatic carbocycles. The molecule has 0 spiro atoms. The molecule has 0 radical (unpaired) electrons. The van der Waals surface area contributed by atoms with Gasteiger partial charge in [0.25, 0.3) is 5.91 Å². The van der Waals surface area contributed by atoms with Crippen molar-refractivity contribution in [1.29, 1.82) is 0 Å². The molecule has 13 heteroatoms. The van der Waals surface area contributed by atoms with Gasteiger partial charge in [0.2, 0.25) is 5.95 Å². The van der Waals surface area contributed by atoms with Gasteiger partial charge in [-0.2, -0.15) is 23.3 Å². The summed E-state index contributed by atoms with van der Waals surface area (Å²) in [5.41, 5.74) is 1.58. The summed E-state index contributed by atoms with van der Waals surface area (Å²) in [6.07, 6.45) is 2.38. The average molecular weight is 541 g/mol. The van der Waals surface area contributed by atoms with Crippen molar-refractivity contribution in [2.75, 3.05) is 15.1 Å². The number of hydrogen-bond donors (Lipinski definition) is 2. The monoisotopic (exact) mass is 540 g/mol. The highest BCUT2D eigenvalue weighted by atomic mass is 19.4. The molecular weight excluding hydrogens is 516 g/mol. The van der Waals surface area contributed by atoms with Gasteiger partial charge < -0.3 is 10.2 Å². The number of anilines is 5. The predicted octanol–water partition coefficient (Wildman–Crippen LogP) is 5.62. The van der Waals surface area contributed by atoms with E-state index in [1.54, 1.807) is 37.5 Å². The largest absolute Gasteiger partial charge is 0.391 e. The van der Waals surface area contributed by atoms with Crippen LogP contribution in [0.25, 0.3) is 10.9 Å². The highest BCUT2D eigenvalue weighted by molar-refractivity contribution is 6.09. The van der Waals surface area contributed by atoms with Crippen LogP contribution in [-0.2, 0) is 4.79 Å². The Morgan fingerprint density at radius 2 is 1.90 bits per heavy atom. The van der Waals surface area contributed by atoms with Gasteiger partial charge in [0, 0.05) is 23.3 Å². The fourth-order valence-corrected chi connectivity index (χ4v) is 5.52. The third kappa shape index (κ3) is 4.51. The molecule has 0 unspecified atom stereocenters. The molecule has 1 amide bonds. The average Bonchev–Trinajstić information content (AvgIpc) is 3.39. The number of amides is 1. The normalized spacial score (nSPS) is 21.8. The quantitative estimate of drug-likeness (QED) is 0.324.